The normalized spacial score (nSPS) is 23.8. The number of nitrogens with one attached hydrogen (secondary N) is 1. The van der Waals surface area contributed by atoms with Gasteiger partial charge in [-0.1, -0.05) is 5.16 Å². The van der Waals surface area contributed by atoms with Crippen LogP contribution in [-0.4, -0.2) is 48.0 Å². The zero-order valence-electron chi connectivity index (χ0n) is 8.94. The summed E-state index contributed by atoms with van der Waals surface area (Å²) >= 11 is 0. The van der Waals surface area contributed by atoms with Gasteiger partial charge in [-0.2, -0.15) is 0 Å². The number of hydrogen-bond acceptors (Lipinski definition) is 4. The van der Waals surface area contributed by atoms with Crippen LogP contribution in [0.2, 0.25) is 0 Å². The summed E-state index contributed by atoms with van der Waals surface area (Å²) in [6, 6.07) is 0.183. The molecule has 1 rings (SSSR count). The molecule has 1 saturated heterocycles. The standard InChI is InChI=1S/C9H18N4O2/c1-13-4-2-3-7(6-13)11-9(14)5-8(10)12-15/h7,15H,2-6H2,1H3,(H2,10,12)(H,11,14). The number of piperidine rings is 1. The Morgan fingerprint density at radius 3 is 3.07 bits per heavy atom. The van der Waals surface area contributed by atoms with Crippen LogP contribution < -0.4 is 11.1 Å². The lowest BCUT2D eigenvalue weighted by atomic mass is 10.1. The Balaban J connectivity index is 2.31. The Bertz CT molecular complexity index is 254. The van der Waals surface area contributed by atoms with Gasteiger partial charge >= 0.3 is 0 Å². The van der Waals surface area contributed by atoms with E-state index in [0.717, 1.165) is 25.9 Å². The maximum atomic E-state index is 11.4. The average molecular weight is 214 g/mol. The number of carbonyl (C=O) groups excluding carboxylic acids is 1. The molecule has 0 aromatic rings. The molecule has 1 amide bonds. The molecule has 6 nitrogen and oxygen atoms in total. The van der Waals surface area contributed by atoms with Gasteiger partial charge in [0.25, 0.3) is 0 Å². The van der Waals surface area contributed by atoms with Crippen LogP contribution in [0.4, 0.5) is 0 Å². The largest absolute Gasteiger partial charge is 0.409 e. The Labute approximate surface area is 89.1 Å². The van der Waals surface area contributed by atoms with Gasteiger partial charge in [0.05, 0.1) is 6.42 Å². The van der Waals surface area contributed by atoms with Gasteiger partial charge in [0.15, 0.2) is 0 Å². The van der Waals surface area contributed by atoms with E-state index in [-0.39, 0.29) is 24.2 Å². The molecule has 6 heteroatoms. The molecule has 4 N–H and O–H groups in total. The molecule has 86 valence electrons. The van der Waals surface area contributed by atoms with Crippen LogP contribution in [0.15, 0.2) is 5.16 Å². The molecule has 0 spiro atoms. The number of carbonyl (C=O) groups is 1. The second-order valence-corrected chi connectivity index (χ2v) is 3.94. The summed E-state index contributed by atoms with van der Waals surface area (Å²) in [7, 11) is 2.03. The maximum Gasteiger partial charge on any atom is 0.227 e. The highest BCUT2D eigenvalue weighted by Gasteiger charge is 2.19. The molecule has 0 aromatic heterocycles. The Morgan fingerprint density at radius 2 is 2.47 bits per heavy atom. The summed E-state index contributed by atoms with van der Waals surface area (Å²) in [5.41, 5.74) is 5.24. The van der Waals surface area contributed by atoms with E-state index in [2.05, 4.69) is 15.4 Å². The van der Waals surface area contributed by atoms with Crippen molar-refractivity contribution < 1.29 is 10.0 Å². The fourth-order valence-electron chi connectivity index (χ4n) is 1.76. The Morgan fingerprint density at radius 1 is 1.73 bits per heavy atom. The molecular weight excluding hydrogens is 196 g/mol. The predicted octanol–water partition coefficient (Wildman–Crippen LogP) is -0.667. The minimum atomic E-state index is -0.189. The first-order valence-corrected chi connectivity index (χ1v) is 5.06. The lowest BCUT2D eigenvalue weighted by Gasteiger charge is -2.30. The van der Waals surface area contributed by atoms with Gasteiger partial charge in [-0.15, -0.1) is 0 Å². The van der Waals surface area contributed by atoms with Crippen LogP contribution in [0.25, 0.3) is 0 Å². The highest BCUT2D eigenvalue weighted by molar-refractivity contribution is 5.98. The van der Waals surface area contributed by atoms with Crippen molar-refractivity contribution in [1.29, 1.82) is 0 Å². The molecular formula is C9H18N4O2. The highest BCUT2D eigenvalue weighted by Crippen LogP contribution is 2.07. The monoisotopic (exact) mass is 214 g/mol. The van der Waals surface area contributed by atoms with E-state index in [1.165, 1.54) is 0 Å². The quantitative estimate of drug-likeness (QED) is 0.251. The van der Waals surface area contributed by atoms with Gasteiger partial charge in [-0.3, -0.25) is 4.79 Å². The topological polar surface area (TPSA) is 91.0 Å². The third-order valence-corrected chi connectivity index (χ3v) is 2.46. The van der Waals surface area contributed by atoms with E-state index in [1.54, 1.807) is 0 Å². The molecule has 1 unspecified atom stereocenters. The molecule has 1 fully saturated rings. The summed E-state index contributed by atoms with van der Waals surface area (Å²) in [5.74, 6) is -0.248. The molecule has 15 heavy (non-hydrogen) atoms. The van der Waals surface area contributed by atoms with Crippen LogP contribution in [-0.2, 0) is 4.79 Å². The van der Waals surface area contributed by atoms with Gasteiger partial charge in [0.2, 0.25) is 5.91 Å². The van der Waals surface area contributed by atoms with Crippen LogP contribution in [0.5, 0.6) is 0 Å². The first-order chi connectivity index (χ1) is 7.11. The van der Waals surface area contributed by atoms with E-state index in [4.69, 9.17) is 10.9 Å². The minimum absolute atomic E-state index is 0.0449. The van der Waals surface area contributed by atoms with E-state index in [0.29, 0.717) is 0 Å². The summed E-state index contributed by atoms with van der Waals surface area (Å²) in [6.45, 7) is 1.94. The van der Waals surface area contributed by atoms with Crippen molar-refractivity contribution in [2.75, 3.05) is 20.1 Å². The Hall–Kier alpha value is -1.30. The smallest absolute Gasteiger partial charge is 0.227 e. The first kappa shape index (κ1) is 11.8. The number of nitrogens with zero attached hydrogens (tertiary/aromatic N) is 2. The lowest BCUT2D eigenvalue weighted by molar-refractivity contribution is -0.121. The number of likely N-dealkylation sites (N-methyl/N-ethyl adjacent to an activating group) is 1. The van der Waals surface area contributed by atoms with Gasteiger partial charge in [0.1, 0.15) is 5.84 Å². The van der Waals surface area contributed by atoms with Crippen molar-refractivity contribution in [2.45, 2.75) is 25.3 Å². The summed E-state index contributed by atoms with van der Waals surface area (Å²) in [4.78, 5) is 13.6. The molecule has 1 heterocycles. The molecule has 0 aromatic carbocycles. The van der Waals surface area contributed by atoms with Crippen LogP contribution in [0.1, 0.15) is 19.3 Å². The second-order valence-electron chi connectivity index (χ2n) is 3.94. The van der Waals surface area contributed by atoms with Crippen LogP contribution in [0, 0.1) is 0 Å². The van der Waals surface area contributed by atoms with Crippen molar-refractivity contribution in [3.63, 3.8) is 0 Å². The summed E-state index contributed by atoms with van der Waals surface area (Å²) in [5, 5.41) is 13.9. The fourth-order valence-corrected chi connectivity index (χ4v) is 1.76. The van der Waals surface area contributed by atoms with Crippen molar-refractivity contribution in [1.82, 2.24) is 10.2 Å². The number of oxime groups is 1. The van der Waals surface area contributed by atoms with E-state index in [9.17, 15) is 4.79 Å². The third-order valence-electron chi connectivity index (χ3n) is 2.46. The SMILES string of the molecule is CN1CCCC(NC(=O)C/C(N)=N/O)C1. The van der Waals surface area contributed by atoms with Crippen molar-refractivity contribution in [2.24, 2.45) is 10.9 Å². The van der Waals surface area contributed by atoms with Gasteiger partial charge in [0, 0.05) is 12.6 Å². The van der Waals surface area contributed by atoms with Crippen molar-refractivity contribution in [3.8, 4) is 0 Å². The minimum Gasteiger partial charge on any atom is -0.409 e. The van der Waals surface area contributed by atoms with Gasteiger partial charge in [-0.05, 0) is 26.4 Å². The molecule has 0 radical (unpaired) electrons. The van der Waals surface area contributed by atoms with Crippen molar-refractivity contribution >= 4 is 11.7 Å². The number of likely N-dealkylation sites (tertiary alicyclic amines) is 1. The number of hydrogen-bond donors (Lipinski definition) is 3. The van der Waals surface area contributed by atoms with E-state index in [1.807, 2.05) is 7.05 Å². The summed E-state index contributed by atoms with van der Waals surface area (Å²) < 4.78 is 0. The van der Waals surface area contributed by atoms with E-state index < -0.39 is 0 Å². The zero-order chi connectivity index (χ0) is 11.3. The second kappa shape index (κ2) is 5.55. The van der Waals surface area contributed by atoms with Crippen LogP contribution in [0.3, 0.4) is 0 Å². The summed E-state index contributed by atoms with van der Waals surface area (Å²) in [6.07, 6.45) is 2.04. The molecule has 0 bridgehead atoms. The molecule has 1 aliphatic rings. The average Bonchev–Trinajstić information content (AvgIpc) is 2.17. The molecule has 1 atom stereocenters. The number of amidine groups is 1. The van der Waals surface area contributed by atoms with Gasteiger partial charge in [-0.25, -0.2) is 0 Å². The molecule has 0 aliphatic carbocycles. The highest BCUT2D eigenvalue weighted by atomic mass is 16.4. The lowest BCUT2D eigenvalue weighted by Crippen LogP contribution is -2.46. The zero-order valence-corrected chi connectivity index (χ0v) is 8.94. The Kier molecular flexibility index (Phi) is 4.36. The van der Waals surface area contributed by atoms with E-state index >= 15 is 0 Å². The van der Waals surface area contributed by atoms with Crippen LogP contribution >= 0.6 is 0 Å². The van der Waals surface area contributed by atoms with Gasteiger partial charge < -0.3 is 21.2 Å². The van der Waals surface area contributed by atoms with Crippen molar-refractivity contribution in [3.05, 3.63) is 0 Å². The fraction of sp³-hybridized carbons (Fsp3) is 0.778. The third kappa shape index (κ3) is 4.16. The first-order valence-electron chi connectivity index (χ1n) is 5.06. The molecule has 1 aliphatic heterocycles. The molecule has 0 saturated carbocycles. The number of amides is 1. The number of rotatable bonds is 3. The maximum absolute atomic E-state index is 11.4. The number of nitrogens with two attached hydrogens (primary N) is 1. The predicted molar refractivity (Wildman–Crippen MR) is 56.7 cm³/mol.